The van der Waals surface area contributed by atoms with Crippen LogP contribution in [-0.2, 0) is 4.79 Å². The highest BCUT2D eigenvalue weighted by molar-refractivity contribution is 14.0. The van der Waals surface area contributed by atoms with E-state index in [2.05, 4.69) is 62.8 Å². The van der Waals surface area contributed by atoms with Crippen LogP contribution in [0.5, 0.6) is 0 Å². The average molecular weight is 521 g/mol. The van der Waals surface area contributed by atoms with E-state index in [1.54, 1.807) is 13.2 Å². The summed E-state index contributed by atoms with van der Waals surface area (Å²) in [6.45, 7) is 6.73. The molecule has 1 aliphatic rings. The second-order valence-corrected chi connectivity index (χ2v) is 7.72. The molecule has 1 fully saturated rings. The molecular formula is C23H32IN5O. The zero-order valence-corrected chi connectivity index (χ0v) is 20.3. The van der Waals surface area contributed by atoms with Crippen molar-refractivity contribution in [2.24, 2.45) is 10.9 Å². The topological polar surface area (TPSA) is 69.6 Å². The van der Waals surface area contributed by atoms with Gasteiger partial charge in [-0.05, 0) is 42.4 Å². The van der Waals surface area contributed by atoms with Gasteiger partial charge in [-0.3, -0.25) is 9.79 Å². The number of likely N-dealkylation sites (tertiary alicyclic amines) is 1. The lowest BCUT2D eigenvalue weighted by Gasteiger charge is -2.38. The van der Waals surface area contributed by atoms with Gasteiger partial charge in [-0.1, -0.05) is 43.3 Å². The Labute approximate surface area is 196 Å². The SMILES string of the molecule is CN=C(NCCC(=O)Nc1ccc(C)cn1)N1CCC(c2ccccc2)C(C)C1.I. The van der Waals surface area contributed by atoms with Gasteiger partial charge in [0.15, 0.2) is 5.96 Å². The highest BCUT2D eigenvalue weighted by Crippen LogP contribution is 2.32. The minimum absolute atomic E-state index is 0. The number of aromatic nitrogens is 1. The van der Waals surface area contributed by atoms with E-state index in [0.717, 1.165) is 31.0 Å². The van der Waals surface area contributed by atoms with Gasteiger partial charge < -0.3 is 15.5 Å². The Morgan fingerprint density at radius 2 is 2.00 bits per heavy atom. The van der Waals surface area contributed by atoms with Crippen molar-refractivity contribution in [3.05, 3.63) is 59.8 Å². The van der Waals surface area contributed by atoms with Crippen LogP contribution in [0.3, 0.4) is 0 Å². The van der Waals surface area contributed by atoms with Gasteiger partial charge in [-0.2, -0.15) is 0 Å². The van der Waals surface area contributed by atoms with Crippen LogP contribution in [0.1, 0.15) is 36.8 Å². The van der Waals surface area contributed by atoms with Crippen molar-refractivity contribution >= 4 is 41.7 Å². The fourth-order valence-corrected chi connectivity index (χ4v) is 3.90. The monoisotopic (exact) mass is 521 g/mol. The molecule has 0 radical (unpaired) electrons. The number of nitrogens with zero attached hydrogens (tertiary/aromatic N) is 3. The van der Waals surface area contributed by atoms with Gasteiger partial charge in [0.2, 0.25) is 5.91 Å². The molecule has 3 rings (SSSR count). The third-order valence-corrected chi connectivity index (χ3v) is 5.46. The first kappa shape index (κ1) is 24.1. The fourth-order valence-electron chi connectivity index (χ4n) is 3.90. The maximum absolute atomic E-state index is 12.2. The molecule has 1 saturated heterocycles. The van der Waals surface area contributed by atoms with E-state index in [-0.39, 0.29) is 29.9 Å². The van der Waals surface area contributed by atoms with Gasteiger partial charge in [0.1, 0.15) is 5.82 Å². The number of guanidine groups is 1. The van der Waals surface area contributed by atoms with Crippen molar-refractivity contribution < 1.29 is 4.79 Å². The summed E-state index contributed by atoms with van der Waals surface area (Å²) in [4.78, 5) is 23.1. The molecule has 1 aromatic heterocycles. The van der Waals surface area contributed by atoms with Crippen molar-refractivity contribution in [3.63, 3.8) is 0 Å². The molecule has 30 heavy (non-hydrogen) atoms. The molecule has 1 aromatic carbocycles. The summed E-state index contributed by atoms with van der Waals surface area (Å²) in [6, 6.07) is 14.5. The molecule has 6 nitrogen and oxygen atoms in total. The molecule has 0 saturated carbocycles. The van der Waals surface area contributed by atoms with Crippen LogP contribution in [-0.4, -0.2) is 48.4 Å². The Kier molecular flexibility index (Phi) is 9.55. The molecule has 2 aromatic rings. The Bertz CT molecular complexity index is 825. The summed E-state index contributed by atoms with van der Waals surface area (Å²) in [6.07, 6.45) is 3.21. The molecular weight excluding hydrogens is 489 g/mol. The number of nitrogens with one attached hydrogen (secondary N) is 2. The van der Waals surface area contributed by atoms with E-state index in [0.29, 0.717) is 30.6 Å². The first-order valence-electron chi connectivity index (χ1n) is 10.3. The van der Waals surface area contributed by atoms with Crippen molar-refractivity contribution in [1.29, 1.82) is 0 Å². The molecule has 162 valence electrons. The zero-order chi connectivity index (χ0) is 20.6. The second-order valence-electron chi connectivity index (χ2n) is 7.72. The van der Waals surface area contributed by atoms with Crippen molar-refractivity contribution in [3.8, 4) is 0 Å². The molecule has 0 aliphatic carbocycles. The molecule has 2 N–H and O–H groups in total. The van der Waals surface area contributed by atoms with Crippen LogP contribution < -0.4 is 10.6 Å². The molecule has 2 atom stereocenters. The summed E-state index contributed by atoms with van der Waals surface area (Å²) in [5, 5.41) is 6.16. The van der Waals surface area contributed by atoms with E-state index in [4.69, 9.17) is 0 Å². The summed E-state index contributed by atoms with van der Waals surface area (Å²) >= 11 is 0. The minimum Gasteiger partial charge on any atom is -0.356 e. The smallest absolute Gasteiger partial charge is 0.227 e. The average Bonchev–Trinajstić information content (AvgIpc) is 2.73. The number of piperidine rings is 1. The fraction of sp³-hybridized carbons (Fsp3) is 0.435. The van der Waals surface area contributed by atoms with Crippen molar-refractivity contribution in [2.45, 2.75) is 32.6 Å². The van der Waals surface area contributed by atoms with Gasteiger partial charge in [-0.25, -0.2) is 4.98 Å². The zero-order valence-electron chi connectivity index (χ0n) is 18.0. The molecule has 1 aliphatic heterocycles. The van der Waals surface area contributed by atoms with Gasteiger partial charge >= 0.3 is 0 Å². The van der Waals surface area contributed by atoms with Crippen LogP contribution in [0, 0.1) is 12.8 Å². The Morgan fingerprint density at radius 1 is 1.23 bits per heavy atom. The van der Waals surface area contributed by atoms with E-state index < -0.39 is 0 Å². The third-order valence-electron chi connectivity index (χ3n) is 5.46. The minimum atomic E-state index is -0.0551. The predicted molar refractivity (Wildman–Crippen MR) is 134 cm³/mol. The van der Waals surface area contributed by atoms with Crippen molar-refractivity contribution in [2.75, 3.05) is 32.0 Å². The van der Waals surface area contributed by atoms with E-state index in [1.165, 1.54) is 5.56 Å². The number of hydrogen-bond donors (Lipinski definition) is 2. The number of aryl methyl sites for hydroxylation is 1. The summed E-state index contributed by atoms with van der Waals surface area (Å²) in [7, 11) is 1.80. The van der Waals surface area contributed by atoms with Crippen LogP contribution in [0.4, 0.5) is 5.82 Å². The number of rotatable bonds is 5. The van der Waals surface area contributed by atoms with Gasteiger partial charge in [0, 0.05) is 39.3 Å². The van der Waals surface area contributed by atoms with Crippen molar-refractivity contribution in [1.82, 2.24) is 15.2 Å². The van der Waals surface area contributed by atoms with Gasteiger partial charge in [0.25, 0.3) is 0 Å². The number of carbonyl (C=O) groups is 1. The number of carbonyl (C=O) groups excluding carboxylic acids is 1. The third kappa shape index (κ3) is 6.68. The normalized spacial score (nSPS) is 19.0. The van der Waals surface area contributed by atoms with Crippen LogP contribution in [0.2, 0.25) is 0 Å². The molecule has 0 spiro atoms. The summed E-state index contributed by atoms with van der Waals surface area (Å²) in [5.41, 5.74) is 2.49. The molecule has 1 amide bonds. The highest BCUT2D eigenvalue weighted by Gasteiger charge is 2.28. The number of amides is 1. The predicted octanol–water partition coefficient (Wildman–Crippen LogP) is 4.04. The second kappa shape index (κ2) is 11.9. The number of anilines is 1. The maximum atomic E-state index is 12.2. The van der Waals surface area contributed by atoms with Crippen LogP contribution >= 0.6 is 24.0 Å². The highest BCUT2D eigenvalue weighted by atomic mass is 127. The lowest BCUT2D eigenvalue weighted by atomic mass is 9.82. The maximum Gasteiger partial charge on any atom is 0.227 e. The first-order valence-corrected chi connectivity index (χ1v) is 10.3. The molecule has 2 unspecified atom stereocenters. The molecule has 0 bridgehead atoms. The van der Waals surface area contributed by atoms with E-state index in [9.17, 15) is 4.79 Å². The van der Waals surface area contributed by atoms with E-state index in [1.807, 2.05) is 19.1 Å². The molecule has 2 heterocycles. The number of hydrogen-bond acceptors (Lipinski definition) is 3. The lowest BCUT2D eigenvalue weighted by molar-refractivity contribution is -0.116. The lowest BCUT2D eigenvalue weighted by Crippen LogP contribution is -2.48. The summed E-state index contributed by atoms with van der Waals surface area (Å²) in [5.74, 6) is 2.52. The Balaban J connectivity index is 0.00000320. The molecule has 7 heteroatoms. The Hall–Kier alpha value is -2.16. The summed E-state index contributed by atoms with van der Waals surface area (Å²) < 4.78 is 0. The number of benzene rings is 1. The van der Waals surface area contributed by atoms with Crippen LogP contribution in [0.15, 0.2) is 53.7 Å². The van der Waals surface area contributed by atoms with Crippen LogP contribution in [0.25, 0.3) is 0 Å². The van der Waals surface area contributed by atoms with Gasteiger partial charge in [0.05, 0.1) is 0 Å². The number of halogens is 1. The first-order chi connectivity index (χ1) is 14.1. The van der Waals surface area contributed by atoms with E-state index >= 15 is 0 Å². The number of pyridine rings is 1. The van der Waals surface area contributed by atoms with Gasteiger partial charge in [-0.15, -0.1) is 24.0 Å². The Morgan fingerprint density at radius 3 is 2.63 bits per heavy atom. The quantitative estimate of drug-likeness (QED) is 0.354. The number of aliphatic imine (C=N–C) groups is 1. The largest absolute Gasteiger partial charge is 0.356 e. The standard InChI is InChI=1S/C23H31N5O.HI/c1-17-9-10-21(26-15-17)27-22(29)11-13-25-23(24-3)28-14-12-20(18(2)16-28)19-7-5-4-6-8-19;/h4-10,15,18,20H,11-14,16H2,1-3H3,(H,24,25)(H,26,27,29);1H.